The highest BCUT2D eigenvalue weighted by Gasteiger charge is 2.47. The molecule has 2 saturated carbocycles. The molecule has 0 aliphatic heterocycles. The van der Waals surface area contributed by atoms with Gasteiger partial charge in [0.05, 0.1) is 10.7 Å². The molecular weight excluding hydrogens is 240 g/mol. The van der Waals surface area contributed by atoms with Crippen LogP contribution in [0.15, 0.2) is 5.38 Å². The minimum atomic E-state index is 0.666. The summed E-state index contributed by atoms with van der Waals surface area (Å²) >= 11 is 1.78. The van der Waals surface area contributed by atoms with E-state index in [9.17, 15) is 0 Å². The van der Waals surface area contributed by atoms with E-state index in [0.29, 0.717) is 6.04 Å². The standard InChI is InChI=1S/C15H24N2S/c1-3-4-16-15(8-14-9-18-10(2)17-14)13-6-11-5-12(11)7-13/h9,11-13,15-16H,3-8H2,1-2H3. The third-order valence-electron chi connectivity index (χ3n) is 4.60. The van der Waals surface area contributed by atoms with Crippen LogP contribution in [-0.2, 0) is 6.42 Å². The van der Waals surface area contributed by atoms with Crippen molar-refractivity contribution < 1.29 is 0 Å². The molecule has 2 aliphatic rings. The van der Waals surface area contributed by atoms with E-state index in [0.717, 1.165) is 30.7 Å². The van der Waals surface area contributed by atoms with Crippen molar-refractivity contribution in [1.82, 2.24) is 10.3 Å². The molecule has 1 heterocycles. The first-order valence-corrected chi connectivity index (χ1v) is 8.28. The number of thiazole rings is 1. The van der Waals surface area contributed by atoms with Crippen LogP contribution in [0.5, 0.6) is 0 Å². The average Bonchev–Trinajstić information content (AvgIpc) is 2.78. The maximum Gasteiger partial charge on any atom is 0.0897 e. The number of fused-ring (bicyclic) bond motifs is 1. The Morgan fingerprint density at radius 2 is 2.17 bits per heavy atom. The fourth-order valence-corrected chi connectivity index (χ4v) is 4.18. The van der Waals surface area contributed by atoms with Gasteiger partial charge in [0.25, 0.3) is 0 Å². The summed E-state index contributed by atoms with van der Waals surface area (Å²) in [5, 5.41) is 7.22. The molecule has 0 spiro atoms. The van der Waals surface area contributed by atoms with Crippen molar-refractivity contribution in [3.63, 3.8) is 0 Å². The Kier molecular flexibility index (Phi) is 3.71. The number of nitrogens with zero attached hydrogens (tertiary/aromatic N) is 1. The second kappa shape index (κ2) is 5.30. The van der Waals surface area contributed by atoms with E-state index >= 15 is 0 Å². The number of nitrogens with one attached hydrogen (secondary N) is 1. The van der Waals surface area contributed by atoms with Crippen molar-refractivity contribution >= 4 is 11.3 Å². The lowest BCUT2D eigenvalue weighted by molar-refractivity contribution is 0.331. The van der Waals surface area contributed by atoms with Gasteiger partial charge in [-0.25, -0.2) is 4.98 Å². The molecule has 18 heavy (non-hydrogen) atoms. The van der Waals surface area contributed by atoms with Crippen LogP contribution in [0.4, 0.5) is 0 Å². The van der Waals surface area contributed by atoms with E-state index < -0.39 is 0 Å². The molecule has 0 bridgehead atoms. The molecule has 3 unspecified atom stereocenters. The molecule has 2 nitrogen and oxygen atoms in total. The van der Waals surface area contributed by atoms with E-state index in [1.54, 1.807) is 11.3 Å². The first kappa shape index (κ1) is 12.6. The number of hydrogen-bond acceptors (Lipinski definition) is 3. The number of aryl methyl sites for hydroxylation is 1. The molecule has 2 fully saturated rings. The summed E-state index contributed by atoms with van der Waals surface area (Å²) in [6, 6.07) is 0.666. The molecule has 100 valence electrons. The van der Waals surface area contributed by atoms with Gasteiger partial charge in [-0.15, -0.1) is 11.3 Å². The lowest BCUT2D eigenvalue weighted by Gasteiger charge is -2.25. The van der Waals surface area contributed by atoms with E-state index in [4.69, 9.17) is 0 Å². The Morgan fingerprint density at radius 3 is 2.78 bits per heavy atom. The molecule has 0 amide bonds. The maximum absolute atomic E-state index is 4.64. The van der Waals surface area contributed by atoms with Gasteiger partial charge in [-0.2, -0.15) is 0 Å². The number of aromatic nitrogens is 1. The average molecular weight is 264 g/mol. The Balaban J connectivity index is 1.61. The summed E-state index contributed by atoms with van der Waals surface area (Å²) in [6.45, 7) is 5.51. The molecular formula is C15H24N2S. The lowest BCUT2D eigenvalue weighted by Crippen LogP contribution is -2.38. The molecule has 3 heteroatoms. The quantitative estimate of drug-likeness (QED) is 0.851. The van der Waals surface area contributed by atoms with Gasteiger partial charge < -0.3 is 5.32 Å². The monoisotopic (exact) mass is 264 g/mol. The van der Waals surface area contributed by atoms with Gasteiger partial charge in [0.15, 0.2) is 0 Å². The molecule has 1 N–H and O–H groups in total. The summed E-state index contributed by atoms with van der Waals surface area (Å²) in [4.78, 5) is 4.64. The Morgan fingerprint density at radius 1 is 1.39 bits per heavy atom. The SMILES string of the molecule is CCCNC(Cc1csc(C)n1)C1CC2CC2C1. The number of rotatable bonds is 6. The van der Waals surface area contributed by atoms with Crippen LogP contribution in [0.25, 0.3) is 0 Å². The predicted octanol–water partition coefficient (Wildman–Crippen LogP) is 3.41. The van der Waals surface area contributed by atoms with Crippen LogP contribution >= 0.6 is 11.3 Å². The van der Waals surface area contributed by atoms with Crippen LogP contribution in [0.3, 0.4) is 0 Å². The molecule has 3 atom stereocenters. The first-order valence-electron chi connectivity index (χ1n) is 7.40. The zero-order chi connectivity index (χ0) is 12.5. The Hall–Kier alpha value is -0.410. The van der Waals surface area contributed by atoms with Crippen molar-refractivity contribution in [2.24, 2.45) is 17.8 Å². The smallest absolute Gasteiger partial charge is 0.0897 e. The molecule has 1 aromatic rings. The molecule has 1 aromatic heterocycles. The predicted molar refractivity (Wildman–Crippen MR) is 77.0 cm³/mol. The van der Waals surface area contributed by atoms with Gasteiger partial charge in [0.1, 0.15) is 0 Å². The second-order valence-corrected chi connectivity index (χ2v) is 7.17. The highest BCUT2D eigenvalue weighted by molar-refractivity contribution is 7.09. The van der Waals surface area contributed by atoms with Gasteiger partial charge in [-0.05, 0) is 56.9 Å². The molecule has 2 aliphatic carbocycles. The summed E-state index contributed by atoms with van der Waals surface area (Å²) in [5.41, 5.74) is 1.30. The summed E-state index contributed by atoms with van der Waals surface area (Å²) in [5.74, 6) is 3.07. The van der Waals surface area contributed by atoms with Gasteiger partial charge in [0, 0.05) is 17.8 Å². The highest BCUT2D eigenvalue weighted by Crippen LogP contribution is 2.55. The molecule has 3 rings (SSSR count). The van der Waals surface area contributed by atoms with Crippen molar-refractivity contribution in [2.75, 3.05) is 6.54 Å². The zero-order valence-corrected chi connectivity index (χ0v) is 12.3. The van der Waals surface area contributed by atoms with Gasteiger partial charge in [0.2, 0.25) is 0 Å². The van der Waals surface area contributed by atoms with E-state index in [1.165, 1.54) is 36.4 Å². The normalized spacial score (nSPS) is 31.3. The second-order valence-electron chi connectivity index (χ2n) is 6.11. The minimum absolute atomic E-state index is 0.666. The van der Waals surface area contributed by atoms with Crippen molar-refractivity contribution in [2.45, 2.75) is 52.0 Å². The minimum Gasteiger partial charge on any atom is -0.313 e. The van der Waals surface area contributed by atoms with Gasteiger partial charge >= 0.3 is 0 Å². The van der Waals surface area contributed by atoms with Crippen LogP contribution in [-0.4, -0.2) is 17.6 Å². The maximum atomic E-state index is 4.64. The highest BCUT2D eigenvalue weighted by atomic mass is 32.1. The summed E-state index contributed by atoms with van der Waals surface area (Å²) in [6.07, 6.45) is 6.82. The molecule has 0 saturated heterocycles. The van der Waals surface area contributed by atoms with Crippen molar-refractivity contribution in [3.05, 3.63) is 16.1 Å². The fraction of sp³-hybridized carbons (Fsp3) is 0.800. The topological polar surface area (TPSA) is 24.9 Å². The third kappa shape index (κ3) is 2.77. The van der Waals surface area contributed by atoms with Crippen LogP contribution in [0.1, 0.15) is 43.3 Å². The molecule has 0 aromatic carbocycles. The number of hydrogen-bond donors (Lipinski definition) is 1. The Labute approximate surface area is 114 Å². The van der Waals surface area contributed by atoms with Crippen LogP contribution < -0.4 is 5.32 Å². The van der Waals surface area contributed by atoms with Crippen molar-refractivity contribution in [3.8, 4) is 0 Å². The molecule has 0 radical (unpaired) electrons. The first-order chi connectivity index (χ1) is 8.76. The summed E-state index contributed by atoms with van der Waals surface area (Å²) in [7, 11) is 0. The summed E-state index contributed by atoms with van der Waals surface area (Å²) < 4.78 is 0. The van der Waals surface area contributed by atoms with E-state index in [-0.39, 0.29) is 0 Å². The zero-order valence-electron chi connectivity index (χ0n) is 11.5. The third-order valence-corrected chi connectivity index (χ3v) is 5.42. The van der Waals surface area contributed by atoms with Gasteiger partial charge in [-0.3, -0.25) is 0 Å². The van der Waals surface area contributed by atoms with E-state index in [1.807, 2.05) is 0 Å². The van der Waals surface area contributed by atoms with Crippen LogP contribution in [0, 0.1) is 24.7 Å². The largest absolute Gasteiger partial charge is 0.313 e. The van der Waals surface area contributed by atoms with E-state index in [2.05, 4.69) is 29.5 Å². The van der Waals surface area contributed by atoms with Crippen LogP contribution in [0.2, 0.25) is 0 Å². The lowest BCUT2D eigenvalue weighted by atomic mass is 9.91. The van der Waals surface area contributed by atoms with Crippen molar-refractivity contribution in [1.29, 1.82) is 0 Å². The fourth-order valence-electron chi connectivity index (χ4n) is 3.55. The van der Waals surface area contributed by atoms with Gasteiger partial charge in [-0.1, -0.05) is 6.92 Å². The Bertz CT molecular complexity index is 391.